The molecule has 0 radical (unpaired) electrons. The molecule has 0 spiro atoms. The highest BCUT2D eigenvalue weighted by Gasteiger charge is 2.08. The van der Waals surface area contributed by atoms with Gasteiger partial charge in [0, 0.05) is 33.9 Å². The van der Waals surface area contributed by atoms with Gasteiger partial charge in [0.15, 0.2) is 0 Å². The van der Waals surface area contributed by atoms with Crippen molar-refractivity contribution >= 4 is 27.8 Å². The Bertz CT molecular complexity index is 932. The summed E-state index contributed by atoms with van der Waals surface area (Å²) in [6, 6.07) is 17.5. The van der Waals surface area contributed by atoms with Crippen LogP contribution >= 0.6 is 0 Å². The molecule has 3 heteroatoms. The van der Waals surface area contributed by atoms with Gasteiger partial charge in [-0.05, 0) is 31.9 Å². The third-order valence-electron chi connectivity index (χ3n) is 6.04. The molecule has 0 bridgehead atoms. The summed E-state index contributed by atoms with van der Waals surface area (Å²) in [4.78, 5) is 11.3. The number of nitrogens with zero attached hydrogens (tertiary/aromatic N) is 1. The van der Waals surface area contributed by atoms with Crippen molar-refractivity contribution in [3.05, 3.63) is 60.7 Å². The maximum atomic E-state index is 11.3. The van der Waals surface area contributed by atoms with Crippen molar-refractivity contribution in [3.63, 3.8) is 0 Å². The van der Waals surface area contributed by atoms with Gasteiger partial charge in [-0.1, -0.05) is 94.3 Å². The number of hydrogen-bond donors (Lipinski definition) is 0. The lowest BCUT2D eigenvalue weighted by Crippen LogP contribution is -2.05. The van der Waals surface area contributed by atoms with E-state index in [1.54, 1.807) is 6.92 Å². The van der Waals surface area contributed by atoms with Gasteiger partial charge in [-0.25, -0.2) is 4.79 Å². The molecule has 0 N–H and O–H groups in total. The van der Waals surface area contributed by atoms with Crippen LogP contribution in [-0.4, -0.2) is 17.1 Å². The van der Waals surface area contributed by atoms with E-state index in [-0.39, 0.29) is 5.97 Å². The van der Waals surface area contributed by atoms with Gasteiger partial charge < -0.3 is 9.30 Å². The van der Waals surface area contributed by atoms with Crippen LogP contribution < -0.4 is 0 Å². The van der Waals surface area contributed by atoms with Gasteiger partial charge in [-0.15, -0.1) is 0 Å². The van der Waals surface area contributed by atoms with Gasteiger partial charge in [0.1, 0.15) is 0 Å². The molecule has 1 heterocycles. The van der Waals surface area contributed by atoms with E-state index in [1.165, 1.54) is 73.2 Å². The summed E-state index contributed by atoms with van der Waals surface area (Å²) in [5, 5.41) is 2.74. The molecule has 0 fully saturated rings. The molecule has 0 saturated heterocycles. The number of benzene rings is 2. The van der Waals surface area contributed by atoms with Crippen molar-refractivity contribution < 1.29 is 9.53 Å². The van der Waals surface area contributed by atoms with Gasteiger partial charge in [-0.3, -0.25) is 0 Å². The minimum absolute atomic E-state index is 0.266. The van der Waals surface area contributed by atoms with Crippen LogP contribution in [0.25, 0.3) is 21.8 Å². The van der Waals surface area contributed by atoms with Crippen LogP contribution in [0, 0.1) is 0 Å². The minimum Gasteiger partial charge on any atom is -0.462 e. The molecule has 0 aliphatic heterocycles. The zero-order valence-electron chi connectivity index (χ0n) is 19.1. The highest BCUT2D eigenvalue weighted by Crippen LogP contribution is 2.29. The van der Waals surface area contributed by atoms with Crippen molar-refractivity contribution in [2.45, 2.75) is 77.7 Å². The standard InChI is InChI=1S/C28H37NO2/c1-23(2)28(30)31-22-16-10-8-6-4-3-5-7-9-15-21-29-26-19-13-11-17-24(26)25-18-12-14-20-27(25)29/h11-14,17-20H,1,3-10,15-16,21-22H2,2H3. The van der Waals surface area contributed by atoms with Crippen LogP contribution in [0.2, 0.25) is 0 Å². The van der Waals surface area contributed by atoms with E-state index in [2.05, 4.69) is 59.7 Å². The van der Waals surface area contributed by atoms with Gasteiger partial charge in [0.05, 0.1) is 6.61 Å². The molecule has 0 unspecified atom stereocenters. The number of para-hydroxylation sites is 2. The second-order valence-electron chi connectivity index (χ2n) is 8.64. The second kappa shape index (κ2) is 12.3. The molecule has 2 aromatic carbocycles. The fraction of sp³-hybridized carbons (Fsp3) is 0.464. The molecule has 0 atom stereocenters. The van der Waals surface area contributed by atoms with Crippen molar-refractivity contribution in [3.8, 4) is 0 Å². The van der Waals surface area contributed by atoms with Crippen LogP contribution in [0.1, 0.15) is 71.1 Å². The number of aryl methyl sites for hydroxylation is 1. The Hall–Kier alpha value is -2.55. The summed E-state index contributed by atoms with van der Waals surface area (Å²) >= 11 is 0. The third-order valence-corrected chi connectivity index (χ3v) is 6.04. The number of aromatic nitrogens is 1. The van der Waals surface area contributed by atoms with E-state index in [1.807, 2.05) is 0 Å². The van der Waals surface area contributed by atoms with Crippen molar-refractivity contribution in [1.82, 2.24) is 4.57 Å². The summed E-state index contributed by atoms with van der Waals surface area (Å²) in [7, 11) is 0. The number of fused-ring (bicyclic) bond motifs is 3. The number of ether oxygens (including phenoxy) is 1. The fourth-order valence-corrected chi connectivity index (χ4v) is 4.32. The molecule has 0 saturated carbocycles. The lowest BCUT2D eigenvalue weighted by atomic mass is 10.1. The fourth-order valence-electron chi connectivity index (χ4n) is 4.32. The lowest BCUT2D eigenvalue weighted by Gasteiger charge is -2.08. The Labute approximate surface area is 187 Å². The normalized spacial score (nSPS) is 11.3. The maximum Gasteiger partial charge on any atom is 0.333 e. The number of carbonyl (C=O) groups excluding carboxylic acids is 1. The average molecular weight is 420 g/mol. The van der Waals surface area contributed by atoms with E-state index in [0.29, 0.717) is 12.2 Å². The largest absolute Gasteiger partial charge is 0.462 e. The van der Waals surface area contributed by atoms with Crippen LogP contribution in [0.3, 0.4) is 0 Å². The highest BCUT2D eigenvalue weighted by atomic mass is 16.5. The van der Waals surface area contributed by atoms with Crippen molar-refractivity contribution in [2.75, 3.05) is 6.61 Å². The van der Waals surface area contributed by atoms with E-state index >= 15 is 0 Å². The van der Waals surface area contributed by atoms with Gasteiger partial charge >= 0.3 is 5.97 Å². The summed E-state index contributed by atoms with van der Waals surface area (Å²) in [6.07, 6.45) is 12.5. The first-order chi connectivity index (χ1) is 15.2. The smallest absolute Gasteiger partial charge is 0.333 e. The summed E-state index contributed by atoms with van der Waals surface area (Å²) in [5.41, 5.74) is 3.20. The predicted molar refractivity (Wildman–Crippen MR) is 131 cm³/mol. The molecular weight excluding hydrogens is 382 g/mol. The minimum atomic E-state index is -0.266. The molecule has 0 aliphatic rings. The Morgan fingerprint density at radius 2 is 1.19 bits per heavy atom. The number of esters is 1. The Morgan fingerprint density at radius 3 is 1.71 bits per heavy atom. The molecule has 0 amide bonds. The zero-order valence-corrected chi connectivity index (χ0v) is 19.1. The van der Waals surface area contributed by atoms with E-state index in [9.17, 15) is 4.79 Å². The second-order valence-corrected chi connectivity index (χ2v) is 8.64. The van der Waals surface area contributed by atoms with Crippen molar-refractivity contribution in [1.29, 1.82) is 0 Å². The summed E-state index contributed by atoms with van der Waals surface area (Å²) < 4.78 is 7.62. The summed E-state index contributed by atoms with van der Waals surface area (Å²) in [5.74, 6) is -0.266. The molecule has 3 nitrogen and oxygen atoms in total. The topological polar surface area (TPSA) is 31.2 Å². The Balaban J connectivity index is 1.25. The van der Waals surface area contributed by atoms with Crippen LogP contribution in [0.5, 0.6) is 0 Å². The maximum absolute atomic E-state index is 11.3. The summed E-state index contributed by atoms with van der Waals surface area (Å²) in [6.45, 7) is 6.91. The molecule has 0 aliphatic carbocycles. The quantitative estimate of drug-likeness (QED) is 0.151. The molecular formula is C28H37NO2. The Morgan fingerprint density at radius 1 is 0.742 bits per heavy atom. The van der Waals surface area contributed by atoms with Crippen LogP contribution in [-0.2, 0) is 16.1 Å². The van der Waals surface area contributed by atoms with Gasteiger partial charge in [-0.2, -0.15) is 0 Å². The molecule has 3 rings (SSSR count). The molecule has 31 heavy (non-hydrogen) atoms. The lowest BCUT2D eigenvalue weighted by molar-refractivity contribution is -0.139. The van der Waals surface area contributed by atoms with Crippen molar-refractivity contribution in [2.24, 2.45) is 0 Å². The number of unbranched alkanes of at least 4 members (excludes halogenated alkanes) is 9. The first kappa shape index (κ1) is 23.1. The highest BCUT2D eigenvalue weighted by molar-refractivity contribution is 6.07. The van der Waals surface area contributed by atoms with Gasteiger partial charge in [0.25, 0.3) is 0 Å². The number of carbonyl (C=O) groups is 1. The Kier molecular flexibility index (Phi) is 9.20. The van der Waals surface area contributed by atoms with Crippen LogP contribution in [0.15, 0.2) is 60.7 Å². The first-order valence-corrected chi connectivity index (χ1v) is 12.0. The predicted octanol–water partition coefficient (Wildman–Crippen LogP) is 7.81. The third kappa shape index (κ3) is 6.72. The average Bonchev–Trinajstić information content (AvgIpc) is 3.10. The monoisotopic (exact) mass is 419 g/mol. The van der Waals surface area contributed by atoms with E-state index < -0.39 is 0 Å². The SMILES string of the molecule is C=C(C)C(=O)OCCCCCCCCCCCCn1c2ccccc2c2ccccc21. The molecule has 166 valence electrons. The number of hydrogen-bond acceptors (Lipinski definition) is 2. The van der Waals surface area contributed by atoms with Gasteiger partial charge in [0.2, 0.25) is 0 Å². The molecule has 3 aromatic rings. The number of rotatable bonds is 14. The van der Waals surface area contributed by atoms with E-state index in [4.69, 9.17) is 4.74 Å². The first-order valence-electron chi connectivity index (χ1n) is 12.0. The van der Waals surface area contributed by atoms with Crippen LogP contribution in [0.4, 0.5) is 0 Å². The van der Waals surface area contributed by atoms with E-state index in [0.717, 1.165) is 19.4 Å². The zero-order chi connectivity index (χ0) is 21.9. The molecule has 1 aromatic heterocycles.